The van der Waals surface area contributed by atoms with Crippen LogP contribution in [0.25, 0.3) is 210 Å². The second kappa shape index (κ2) is 31.9. The molecular formula is C109H71N9. The van der Waals surface area contributed by atoms with Crippen molar-refractivity contribution in [3.05, 3.63) is 432 Å². The van der Waals surface area contributed by atoms with Gasteiger partial charge in [0, 0.05) is 132 Å². The average molecular weight is 1510 g/mol. The molecule has 0 saturated heterocycles. The van der Waals surface area contributed by atoms with Crippen molar-refractivity contribution in [2.24, 2.45) is 0 Å². The summed E-state index contributed by atoms with van der Waals surface area (Å²) in [7, 11) is 0. The van der Waals surface area contributed by atoms with Crippen molar-refractivity contribution >= 4 is 75.7 Å². The van der Waals surface area contributed by atoms with Crippen LogP contribution in [-0.2, 0) is 0 Å². The van der Waals surface area contributed by atoms with Gasteiger partial charge in [0.05, 0.1) is 56.6 Å². The van der Waals surface area contributed by atoms with Crippen LogP contribution in [-0.4, -0.2) is 44.9 Å². The molecule has 0 aliphatic rings. The van der Waals surface area contributed by atoms with Gasteiger partial charge in [-0.2, -0.15) is 0 Å². The first kappa shape index (κ1) is 71.1. The van der Waals surface area contributed by atoms with E-state index in [4.69, 9.17) is 24.9 Å². The van der Waals surface area contributed by atoms with E-state index < -0.39 is 0 Å². The van der Waals surface area contributed by atoms with Gasteiger partial charge in [0.1, 0.15) is 0 Å². The van der Waals surface area contributed by atoms with Gasteiger partial charge in [-0.25, -0.2) is 24.9 Å². The summed E-state index contributed by atoms with van der Waals surface area (Å²) >= 11 is 0. The van der Waals surface area contributed by atoms with Crippen molar-refractivity contribution in [3.8, 4) is 135 Å². The fourth-order valence-corrected chi connectivity index (χ4v) is 16.0. The Morgan fingerprint density at radius 2 is 0.373 bits per heavy atom. The molecule has 0 bridgehead atoms. The van der Waals surface area contributed by atoms with Crippen LogP contribution >= 0.6 is 0 Å². The smallest absolute Gasteiger partial charge is 0.0788 e. The summed E-state index contributed by atoms with van der Waals surface area (Å²) in [6.07, 6.45) is 14.6. The molecule has 0 spiro atoms. The highest BCUT2D eigenvalue weighted by atomic mass is 14.7. The Bertz CT molecular complexity index is 7160. The van der Waals surface area contributed by atoms with Crippen LogP contribution in [0, 0.1) is 0 Å². The number of hydrogen-bond acceptors (Lipinski definition) is 9. The molecule has 9 heteroatoms. The summed E-state index contributed by atoms with van der Waals surface area (Å²) in [6, 6.07) is 134. The zero-order valence-corrected chi connectivity index (χ0v) is 64.0. The summed E-state index contributed by atoms with van der Waals surface area (Å²) in [5, 5.41) is 14.0. The highest BCUT2D eigenvalue weighted by Crippen LogP contribution is 2.41. The molecule has 118 heavy (non-hydrogen) atoms. The highest BCUT2D eigenvalue weighted by molar-refractivity contribution is 6.12. The molecule has 0 saturated carbocycles. The van der Waals surface area contributed by atoms with Crippen molar-refractivity contribution in [1.82, 2.24) is 44.9 Å². The molecule has 9 heterocycles. The van der Waals surface area contributed by atoms with Crippen molar-refractivity contribution in [3.63, 3.8) is 0 Å². The van der Waals surface area contributed by atoms with Gasteiger partial charge >= 0.3 is 0 Å². The second-order valence-electron chi connectivity index (χ2n) is 29.2. The Balaban J connectivity index is 0.000000117. The van der Waals surface area contributed by atoms with E-state index in [-0.39, 0.29) is 0 Å². The Kier molecular flexibility index (Phi) is 19.2. The van der Waals surface area contributed by atoms with Crippen molar-refractivity contribution in [1.29, 1.82) is 0 Å². The lowest BCUT2D eigenvalue weighted by molar-refractivity contribution is 1.32. The van der Waals surface area contributed by atoms with Gasteiger partial charge in [-0.1, -0.05) is 315 Å². The lowest BCUT2D eigenvalue weighted by Gasteiger charge is -2.13. The third kappa shape index (κ3) is 14.4. The third-order valence-electron chi connectivity index (χ3n) is 22.0. The van der Waals surface area contributed by atoms with Crippen LogP contribution in [0.1, 0.15) is 0 Å². The van der Waals surface area contributed by atoms with Crippen molar-refractivity contribution < 1.29 is 0 Å². The molecule has 552 valence electrons. The monoisotopic (exact) mass is 1510 g/mol. The van der Waals surface area contributed by atoms with E-state index in [2.05, 4.69) is 366 Å². The number of fused-ring (bicyclic) bond motifs is 9. The number of pyridine rings is 9. The van der Waals surface area contributed by atoms with E-state index in [1.54, 1.807) is 12.4 Å². The maximum atomic E-state index is 5.30. The van der Waals surface area contributed by atoms with E-state index in [1.807, 2.05) is 73.6 Å². The molecule has 22 rings (SSSR count). The molecule has 0 fully saturated rings. The van der Waals surface area contributed by atoms with Gasteiger partial charge in [0.2, 0.25) is 0 Å². The lowest BCUT2D eigenvalue weighted by atomic mass is 9.97. The van der Waals surface area contributed by atoms with E-state index in [0.717, 1.165) is 167 Å². The van der Waals surface area contributed by atoms with Gasteiger partial charge in [-0.3, -0.25) is 19.9 Å². The fraction of sp³-hybridized carbons (Fsp3) is 0. The standard InChI is InChI=1S/C47H29N3.2C31H21N3/c1-2-12-35-34(11-1)29-44(30-21-23-32(24-22-30)46-40-17-5-3-13-36(40)38-15-7-9-19-42(38)48-46)50-45(35)31-25-27-33(28-26-31)47-41-18-6-4-14-37(41)39-16-8-10-20-43(39)49-47;1-2-8-29-26(5-1)19-30(24-13-9-22(10-14-24)27-6-3-17-32-20-27)34-31(29)25-15-11-23(12-16-25)28-7-4-18-33-21-28;1-2-4-29-28(3-1)21-30(26-9-5-22(6-10-26)24-13-17-32-18-14-24)34-31(29)27-11-7-23(8-12-27)25-15-19-33-20-16-25/h1-29H;2*1-21H. The molecule has 0 N–H and O–H groups in total. The normalized spacial score (nSPS) is 11.2. The zero-order valence-electron chi connectivity index (χ0n) is 64.0. The molecule has 9 nitrogen and oxygen atoms in total. The zero-order chi connectivity index (χ0) is 78.5. The van der Waals surface area contributed by atoms with E-state index >= 15 is 0 Å². The van der Waals surface area contributed by atoms with Gasteiger partial charge in [0.15, 0.2) is 0 Å². The first-order chi connectivity index (χ1) is 58.5. The molecule has 0 aliphatic carbocycles. The summed E-state index contributed by atoms with van der Waals surface area (Å²) in [5.74, 6) is 0. The Morgan fingerprint density at radius 1 is 0.136 bits per heavy atom. The quantitative estimate of drug-likeness (QED) is 0.110. The average Bonchev–Trinajstić information content (AvgIpc) is 0.772. The SMILES string of the molecule is c1ccc2c(-c3ccc(-c4ccncc4)cc3)nc(-c3ccc(-c4ccncc4)cc3)cc2c1.c1ccc2c(-c3ccc(-c4nc5ccccc5c5ccccc45)cc3)nc(-c3ccc(-c4nc5ccccc5c5ccccc45)cc3)cc2c1.c1cncc(-c2ccc(-c3cc4ccccc4c(-c4ccc(-c5cccnc5)cc4)n3)cc2)c1. The number of rotatable bonds is 12. The Labute approximate surface area is 682 Å². The number of nitrogens with zero attached hydrogens (tertiary/aromatic N) is 9. The summed E-state index contributed by atoms with van der Waals surface area (Å²) in [4.78, 5) is 42.5. The summed E-state index contributed by atoms with van der Waals surface area (Å²) in [5.41, 5.74) is 27.6. The minimum absolute atomic E-state index is 0.938. The summed E-state index contributed by atoms with van der Waals surface area (Å²) in [6.45, 7) is 0. The molecular weight excluding hydrogens is 1440 g/mol. The van der Waals surface area contributed by atoms with Gasteiger partial charge in [0.25, 0.3) is 0 Å². The fourth-order valence-electron chi connectivity index (χ4n) is 16.0. The molecule has 0 aliphatic heterocycles. The van der Waals surface area contributed by atoms with Crippen LogP contribution in [0.15, 0.2) is 432 Å². The molecule has 0 radical (unpaired) electrons. The number of para-hydroxylation sites is 2. The van der Waals surface area contributed by atoms with E-state index in [0.29, 0.717) is 0 Å². The predicted octanol–water partition coefficient (Wildman–Crippen LogP) is 27.7. The number of aromatic nitrogens is 9. The number of benzene rings is 13. The van der Waals surface area contributed by atoms with Crippen LogP contribution < -0.4 is 0 Å². The molecule has 0 atom stereocenters. The van der Waals surface area contributed by atoms with Crippen LogP contribution in [0.2, 0.25) is 0 Å². The van der Waals surface area contributed by atoms with Crippen LogP contribution in [0.3, 0.4) is 0 Å². The summed E-state index contributed by atoms with van der Waals surface area (Å²) < 4.78 is 0. The minimum Gasteiger partial charge on any atom is -0.265 e. The van der Waals surface area contributed by atoms with Gasteiger partial charge in [-0.15, -0.1) is 0 Å². The molecule has 0 unspecified atom stereocenters. The maximum Gasteiger partial charge on any atom is 0.0788 e. The Hall–Kier alpha value is -16.0. The van der Waals surface area contributed by atoms with Crippen molar-refractivity contribution in [2.75, 3.05) is 0 Å². The minimum atomic E-state index is 0.938. The topological polar surface area (TPSA) is 116 Å². The first-order valence-corrected chi connectivity index (χ1v) is 39.5. The molecule has 22 aromatic rings. The molecule has 9 aromatic heterocycles. The van der Waals surface area contributed by atoms with Crippen LogP contribution in [0.5, 0.6) is 0 Å². The lowest BCUT2D eigenvalue weighted by Crippen LogP contribution is -1.93. The van der Waals surface area contributed by atoms with Gasteiger partial charge in [-0.05, 0) is 138 Å². The maximum absolute atomic E-state index is 5.30. The predicted molar refractivity (Wildman–Crippen MR) is 487 cm³/mol. The largest absolute Gasteiger partial charge is 0.265 e. The molecule has 0 amide bonds. The molecule has 13 aromatic carbocycles. The van der Waals surface area contributed by atoms with Crippen LogP contribution in [0.4, 0.5) is 0 Å². The third-order valence-corrected chi connectivity index (χ3v) is 22.0. The van der Waals surface area contributed by atoms with E-state index in [9.17, 15) is 0 Å². The Morgan fingerprint density at radius 3 is 0.678 bits per heavy atom. The number of hydrogen-bond donors (Lipinski definition) is 0. The second-order valence-corrected chi connectivity index (χ2v) is 29.2. The first-order valence-electron chi connectivity index (χ1n) is 39.5. The van der Waals surface area contributed by atoms with Gasteiger partial charge < -0.3 is 0 Å². The van der Waals surface area contributed by atoms with E-state index in [1.165, 1.54) is 43.4 Å². The highest BCUT2D eigenvalue weighted by Gasteiger charge is 2.19. The van der Waals surface area contributed by atoms with Crippen molar-refractivity contribution in [2.45, 2.75) is 0 Å².